The van der Waals surface area contributed by atoms with Gasteiger partial charge in [0.05, 0.1) is 11.3 Å². The first-order chi connectivity index (χ1) is 17.0. The van der Waals surface area contributed by atoms with Gasteiger partial charge in [-0.3, -0.25) is 9.59 Å². The second-order valence-corrected chi connectivity index (χ2v) is 8.40. The fourth-order valence-electron chi connectivity index (χ4n) is 3.20. The third-order valence-electron chi connectivity index (χ3n) is 4.97. The maximum Gasteiger partial charge on any atom is 0.341 e. The third kappa shape index (κ3) is 6.51. The first-order valence-electron chi connectivity index (χ1n) is 10.8. The second kappa shape index (κ2) is 11.4. The van der Waals surface area contributed by atoms with Crippen molar-refractivity contribution in [1.29, 1.82) is 0 Å². The molecule has 3 aromatic rings. The molecular formula is C25H23N3O6S. The minimum Gasteiger partial charge on any atom is -0.454 e. The van der Waals surface area contributed by atoms with Crippen LogP contribution >= 0.6 is 11.8 Å². The number of thioether (sulfide) groups is 1. The number of nitrogens with one attached hydrogen (secondary N) is 2. The molecule has 2 heterocycles. The number of hydrogen-bond acceptors (Lipinski definition) is 8. The van der Waals surface area contributed by atoms with Gasteiger partial charge in [0.2, 0.25) is 12.7 Å². The van der Waals surface area contributed by atoms with Crippen molar-refractivity contribution in [2.75, 3.05) is 29.8 Å². The van der Waals surface area contributed by atoms with Gasteiger partial charge in [0.1, 0.15) is 5.03 Å². The fourth-order valence-corrected chi connectivity index (χ4v) is 3.98. The summed E-state index contributed by atoms with van der Waals surface area (Å²) >= 11 is 1.09. The second-order valence-electron chi connectivity index (χ2n) is 7.44. The maximum atomic E-state index is 12.6. The van der Waals surface area contributed by atoms with Crippen molar-refractivity contribution in [3.8, 4) is 11.5 Å². The zero-order valence-electron chi connectivity index (χ0n) is 18.9. The van der Waals surface area contributed by atoms with Crippen molar-refractivity contribution in [2.45, 2.75) is 18.4 Å². The minimum absolute atomic E-state index is 0.0139. The lowest BCUT2D eigenvalue weighted by Gasteiger charge is -2.10. The van der Waals surface area contributed by atoms with Gasteiger partial charge in [0.15, 0.2) is 18.1 Å². The van der Waals surface area contributed by atoms with Crippen molar-refractivity contribution in [3.05, 3.63) is 71.9 Å². The molecule has 0 saturated carbocycles. The molecule has 2 N–H and O–H groups in total. The van der Waals surface area contributed by atoms with Crippen LogP contribution in [0.4, 0.5) is 11.4 Å². The predicted octanol–water partition coefficient (Wildman–Crippen LogP) is 3.90. The van der Waals surface area contributed by atoms with Crippen LogP contribution in [0.15, 0.2) is 65.8 Å². The molecule has 0 spiro atoms. The molecule has 0 aliphatic carbocycles. The number of benzene rings is 2. The maximum absolute atomic E-state index is 12.6. The lowest BCUT2D eigenvalue weighted by molar-refractivity contribution is -0.119. The van der Waals surface area contributed by atoms with E-state index in [1.54, 1.807) is 36.4 Å². The number of amides is 2. The van der Waals surface area contributed by atoms with Crippen LogP contribution in [0.25, 0.3) is 0 Å². The minimum atomic E-state index is -0.701. The largest absolute Gasteiger partial charge is 0.454 e. The Morgan fingerprint density at radius 3 is 2.51 bits per heavy atom. The molecule has 1 aliphatic heterocycles. The summed E-state index contributed by atoms with van der Waals surface area (Å²) in [7, 11) is 0. The van der Waals surface area contributed by atoms with Crippen LogP contribution < -0.4 is 20.1 Å². The molecule has 4 rings (SSSR count). The van der Waals surface area contributed by atoms with E-state index in [1.165, 1.54) is 12.3 Å². The number of carbonyl (C=O) groups is 3. The van der Waals surface area contributed by atoms with Gasteiger partial charge < -0.3 is 24.8 Å². The molecule has 9 nitrogen and oxygen atoms in total. The molecule has 0 fully saturated rings. The highest BCUT2D eigenvalue weighted by Crippen LogP contribution is 2.34. The number of pyridine rings is 1. The average molecular weight is 494 g/mol. The van der Waals surface area contributed by atoms with Crippen LogP contribution in [0, 0.1) is 0 Å². The average Bonchev–Trinajstić information content (AvgIpc) is 3.35. The monoisotopic (exact) mass is 493 g/mol. The van der Waals surface area contributed by atoms with E-state index in [0.29, 0.717) is 27.9 Å². The summed E-state index contributed by atoms with van der Waals surface area (Å²) in [4.78, 5) is 41.3. The van der Waals surface area contributed by atoms with Crippen LogP contribution in [-0.4, -0.2) is 41.9 Å². The molecule has 0 unspecified atom stereocenters. The Hall–Kier alpha value is -4.05. The van der Waals surface area contributed by atoms with Crippen molar-refractivity contribution in [2.24, 2.45) is 0 Å². The molecule has 0 atom stereocenters. The molecule has 2 aromatic carbocycles. The van der Waals surface area contributed by atoms with Crippen molar-refractivity contribution < 1.29 is 28.6 Å². The Balaban J connectivity index is 1.28. The van der Waals surface area contributed by atoms with Gasteiger partial charge >= 0.3 is 5.97 Å². The summed E-state index contributed by atoms with van der Waals surface area (Å²) in [5, 5.41) is 5.78. The molecule has 2 amide bonds. The normalized spacial score (nSPS) is 11.6. The number of anilines is 2. The van der Waals surface area contributed by atoms with Crippen LogP contribution in [-0.2, 0) is 20.7 Å². The van der Waals surface area contributed by atoms with Crippen LogP contribution in [0.2, 0.25) is 0 Å². The molecule has 1 aliphatic rings. The summed E-state index contributed by atoms with van der Waals surface area (Å²) in [5.41, 5.74) is 2.51. The van der Waals surface area contributed by atoms with Crippen molar-refractivity contribution in [3.63, 3.8) is 0 Å². The highest BCUT2D eigenvalue weighted by molar-refractivity contribution is 8.00. The van der Waals surface area contributed by atoms with Crippen molar-refractivity contribution in [1.82, 2.24) is 4.98 Å². The van der Waals surface area contributed by atoms with E-state index >= 15 is 0 Å². The molecule has 10 heteroatoms. The number of aryl methyl sites for hydroxylation is 1. The molecule has 0 saturated heterocycles. The Bertz CT molecular complexity index is 1230. The van der Waals surface area contributed by atoms with Gasteiger partial charge in [-0.15, -0.1) is 0 Å². The van der Waals surface area contributed by atoms with E-state index < -0.39 is 18.5 Å². The Morgan fingerprint density at radius 1 is 0.971 bits per heavy atom. The zero-order valence-corrected chi connectivity index (χ0v) is 19.7. The summed E-state index contributed by atoms with van der Waals surface area (Å²) in [5.74, 6) is -0.242. The summed E-state index contributed by atoms with van der Waals surface area (Å²) in [6.45, 7) is 1.75. The third-order valence-corrected chi connectivity index (χ3v) is 5.97. The summed E-state index contributed by atoms with van der Waals surface area (Å²) in [6.07, 6.45) is 2.42. The number of ether oxygens (including phenoxy) is 3. The summed E-state index contributed by atoms with van der Waals surface area (Å²) < 4.78 is 15.7. The first-order valence-corrected chi connectivity index (χ1v) is 11.8. The Morgan fingerprint density at radius 2 is 1.71 bits per heavy atom. The highest BCUT2D eigenvalue weighted by Gasteiger charge is 2.18. The molecule has 35 heavy (non-hydrogen) atoms. The number of carbonyl (C=O) groups excluding carboxylic acids is 3. The SMILES string of the molecule is CCc1ccc(NC(=O)COC(=O)c2cccnc2SCC(=O)Nc2ccc3c(c2)OCO3)cc1. The molecule has 0 bridgehead atoms. The number of fused-ring (bicyclic) bond motifs is 1. The van der Waals surface area contributed by atoms with Gasteiger partial charge in [-0.05, 0) is 48.4 Å². The van der Waals surface area contributed by atoms with E-state index in [4.69, 9.17) is 14.2 Å². The number of hydrogen-bond donors (Lipinski definition) is 2. The topological polar surface area (TPSA) is 116 Å². The number of esters is 1. The molecule has 180 valence electrons. The quantitative estimate of drug-likeness (QED) is 0.341. The van der Waals surface area contributed by atoms with E-state index in [0.717, 1.165) is 23.7 Å². The van der Waals surface area contributed by atoms with Crippen LogP contribution in [0.1, 0.15) is 22.8 Å². The lowest BCUT2D eigenvalue weighted by Crippen LogP contribution is -2.21. The smallest absolute Gasteiger partial charge is 0.341 e. The van der Waals surface area contributed by atoms with Gasteiger partial charge in [-0.2, -0.15) is 0 Å². The Labute approximate surface area is 206 Å². The standard InChI is InChI=1S/C25H23N3O6S/c1-2-16-5-7-17(8-6-16)27-22(29)13-32-25(31)19-4-3-11-26-24(19)35-14-23(30)28-18-9-10-20-21(12-18)34-15-33-20/h3-12H,2,13-15H2,1H3,(H,27,29)(H,28,30). The van der Waals surface area contributed by atoms with Crippen LogP contribution in [0.3, 0.4) is 0 Å². The number of aromatic nitrogens is 1. The van der Waals surface area contributed by atoms with Crippen LogP contribution in [0.5, 0.6) is 11.5 Å². The number of rotatable bonds is 9. The highest BCUT2D eigenvalue weighted by atomic mass is 32.2. The first kappa shape index (κ1) is 24.1. The van der Waals surface area contributed by atoms with Gasteiger partial charge in [-0.25, -0.2) is 9.78 Å². The van der Waals surface area contributed by atoms with E-state index in [-0.39, 0.29) is 24.0 Å². The lowest BCUT2D eigenvalue weighted by atomic mass is 10.1. The fraction of sp³-hybridized carbons (Fsp3) is 0.200. The van der Waals surface area contributed by atoms with Gasteiger partial charge in [-0.1, -0.05) is 30.8 Å². The van der Waals surface area contributed by atoms with E-state index in [1.807, 2.05) is 19.1 Å². The molecule has 0 radical (unpaired) electrons. The molecular weight excluding hydrogens is 470 g/mol. The van der Waals surface area contributed by atoms with Crippen molar-refractivity contribution >= 4 is 40.9 Å². The Kier molecular flexibility index (Phi) is 7.84. The molecule has 1 aromatic heterocycles. The number of nitrogens with zero attached hydrogens (tertiary/aromatic N) is 1. The van der Waals surface area contributed by atoms with E-state index in [9.17, 15) is 14.4 Å². The van der Waals surface area contributed by atoms with Gasteiger partial charge in [0.25, 0.3) is 5.91 Å². The van der Waals surface area contributed by atoms with E-state index in [2.05, 4.69) is 15.6 Å². The van der Waals surface area contributed by atoms with Gasteiger partial charge in [0, 0.05) is 23.6 Å². The predicted molar refractivity (Wildman–Crippen MR) is 131 cm³/mol. The summed E-state index contributed by atoms with van der Waals surface area (Å²) in [6, 6.07) is 15.7. The zero-order chi connectivity index (χ0) is 24.6.